The van der Waals surface area contributed by atoms with Gasteiger partial charge in [-0.2, -0.15) is 0 Å². The van der Waals surface area contributed by atoms with Crippen LogP contribution in [0.15, 0.2) is 60.2 Å². The first-order valence-corrected chi connectivity index (χ1v) is 6.92. The van der Waals surface area contributed by atoms with Gasteiger partial charge in [-0.05, 0) is 48.8 Å². The Kier molecular flexibility index (Phi) is 3.44. The molecule has 0 unspecified atom stereocenters. The SMILES string of the molecule is Cc1ccc(C2=C/C(=C\c3ccccc3)C(=O)O2)cc1C. The molecular formula is C19H16O2. The van der Waals surface area contributed by atoms with Crippen molar-refractivity contribution in [1.82, 2.24) is 0 Å². The summed E-state index contributed by atoms with van der Waals surface area (Å²) in [5, 5.41) is 0. The molecule has 0 saturated carbocycles. The molecule has 0 fully saturated rings. The molecule has 1 heterocycles. The predicted molar refractivity (Wildman–Crippen MR) is 84.4 cm³/mol. The Bertz CT molecular complexity index is 752. The second-order valence-electron chi connectivity index (χ2n) is 5.21. The molecule has 3 rings (SSSR count). The molecule has 104 valence electrons. The smallest absolute Gasteiger partial charge is 0.343 e. The van der Waals surface area contributed by atoms with E-state index in [1.54, 1.807) is 6.08 Å². The molecule has 0 N–H and O–H groups in total. The van der Waals surface area contributed by atoms with E-state index in [9.17, 15) is 4.79 Å². The van der Waals surface area contributed by atoms with Crippen LogP contribution in [0.5, 0.6) is 0 Å². The summed E-state index contributed by atoms with van der Waals surface area (Å²) in [4.78, 5) is 12.0. The van der Waals surface area contributed by atoms with Crippen molar-refractivity contribution < 1.29 is 9.53 Å². The van der Waals surface area contributed by atoms with Crippen LogP contribution in [-0.2, 0) is 9.53 Å². The number of hydrogen-bond donors (Lipinski definition) is 0. The van der Waals surface area contributed by atoms with Gasteiger partial charge in [0.1, 0.15) is 5.76 Å². The fourth-order valence-electron chi connectivity index (χ4n) is 2.25. The summed E-state index contributed by atoms with van der Waals surface area (Å²) in [5.41, 5.74) is 4.91. The van der Waals surface area contributed by atoms with Gasteiger partial charge in [0.25, 0.3) is 0 Å². The average Bonchev–Trinajstić information content (AvgIpc) is 2.84. The van der Waals surface area contributed by atoms with E-state index in [0.29, 0.717) is 11.3 Å². The van der Waals surface area contributed by atoms with Crippen molar-refractivity contribution >= 4 is 17.8 Å². The van der Waals surface area contributed by atoms with Crippen LogP contribution in [0, 0.1) is 13.8 Å². The molecule has 0 saturated heterocycles. The molecule has 0 radical (unpaired) electrons. The zero-order valence-electron chi connectivity index (χ0n) is 12.1. The van der Waals surface area contributed by atoms with E-state index in [4.69, 9.17) is 4.74 Å². The van der Waals surface area contributed by atoms with E-state index in [-0.39, 0.29) is 5.97 Å². The molecule has 1 aliphatic heterocycles. The van der Waals surface area contributed by atoms with Crippen LogP contribution in [-0.4, -0.2) is 5.97 Å². The van der Waals surface area contributed by atoms with Crippen molar-refractivity contribution in [2.24, 2.45) is 0 Å². The summed E-state index contributed by atoms with van der Waals surface area (Å²) < 4.78 is 5.38. The third-order valence-corrected chi connectivity index (χ3v) is 3.64. The number of esters is 1. The van der Waals surface area contributed by atoms with Crippen LogP contribution in [0.25, 0.3) is 11.8 Å². The Morgan fingerprint density at radius 1 is 0.952 bits per heavy atom. The van der Waals surface area contributed by atoms with Crippen molar-refractivity contribution in [2.45, 2.75) is 13.8 Å². The number of cyclic esters (lactones) is 1. The molecule has 0 aromatic heterocycles. The summed E-state index contributed by atoms with van der Waals surface area (Å²) in [7, 11) is 0. The van der Waals surface area contributed by atoms with Crippen molar-refractivity contribution in [2.75, 3.05) is 0 Å². The maximum atomic E-state index is 12.0. The Labute approximate surface area is 124 Å². The summed E-state index contributed by atoms with van der Waals surface area (Å²) >= 11 is 0. The molecule has 2 nitrogen and oxygen atoms in total. The van der Waals surface area contributed by atoms with Gasteiger partial charge in [-0.25, -0.2) is 4.79 Å². The van der Waals surface area contributed by atoms with Gasteiger partial charge in [0.05, 0.1) is 5.57 Å². The second-order valence-corrected chi connectivity index (χ2v) is 5.21. The normalized spacial score (nSPS) is 16.0. The van der Waals surface area contributed by atoms with Crippen LogP contribution in [0.4, 0.5) is 0 Å². The van der Waals surface area contributed by atoms with E-state index in [2.05, 4.69) is 13.8 Å². The zero-order chi connectivity index (χ0) is 14.8. The maximum absolute atomic E-state index is 12.0. The minimum Gasteiger partial charge on any atom is -0.422 e. The van der Waals surface area contributed by atoms with Crippen molar-refractivity contribution in [3.8, 4) is 0 Å². The molecule has 0 aliphatic carbocycles. The van der Waals surface area contributed by atoms with E-state index in [0.717, 1.165) is 11.1 Å². The largest absolute Gasteiger partial charge is 0.422 e. The lowest BCUT2D eigenvalue weighted by molar-refractivity contribution is -0.130. The van der Waals surface area contributed by atoms with Crippen LogP contribution >= 0.6 is 0 Å². The number of benzene rings is 2. The monoisotopic (exact) mass is 276 g/mol. The van der Waals surface area contributed by atoms with E-state index >= 15 is 0 Å². The highest BCUT2D eigenvalue weighted by Gasteiger charge is 2.22. The average molecular weight is 276 g/mol. The highest BCUT2D eigenvalue weighted by atomic mass is 16.5. The van der Waals surface area contributed by atoms with Crippen LogP contribution in [0.1, 0.15) is 22.3 Å². The Balaban J connectivity index is 1.95. The first-order chi connectivity index (χ1) is 10.1. The standard InChI is InChI=1S/C19H16O2/c1-13-8-9-16(10-14(13)2)18-12-17(19(20)21-18)11-15-6-4-3-5-7-15/h3-12H,1-2H3/b17-11+. The molecular weight excluding hydrogens is 260 g/mol. The summed E-state index contributed by atoms with van der Waals surface area (Å²) in [6.45, 7) is 4.12. The number of aryl methyl sites for hydroxylation is 2. The molecule has 21 heavy (non-hydrogen) atoms. The Hall–Kier alpha value is -2.61. The fourth-order valence-corrected chi connectivity index (χ4v) is 2.25. The van der Waals surface area contributed by atoms with Crippen LogP contribution in [0.2, 0.25) is 0 Å². The van der Waals surface area contributed by atoms with Gasteiger partial charge in [0.2, 0.25) is 0 Å². The quantitative estimate of drug-likeness (QED) is 0.604. The van der Waals surface area contributed by atoms with Crippen molar-refractivity contribution in [3.63, 3.8) is 0 Å². The summed E-state index contributed by atoms with van der Waals surface area (Å²) in [6, 6.07) is 15.8. The topological polar surface area (TPSA) is 26.3 Å². The summed E-state index contributed by atoms with van der Waals surface area (Å²) in [6.07, 6.45) is 3.65. The number of hydrogen-bond acceptors (Lipinski definition) is 2. The Morgan fingerprint density at radius 3 is 2.43 bits per heavy atom. The number of ether oxygens (including phenoxy) is 1. The summed E-state index contributed by atoms with van der Waals surface area (Å²) in [5.74, 6) is 0.317. The van der Waals surface area contributed by atoms with E-state index in [1.807, 2.05) is 54.6 Å². The second kappa shape index (κ2) is 5.41. The zero-order valence-corrected chi connectivity index (χ0v) is 12.1. The molecule has 0 amide bonds. The third kappa shape index (κ3) is 2.79. The van der Waals surface area contributed by atoms with Gasteiger partial charge in [0, 0.05) is 5.56 Å². The van der Waals surface area contributed by atoms with Crippen LogP contribution in [0.3, 0.4) is 0 Å². The van der Waals surface area contributed by atoms with Crippen molar-refractivity contribution in [1.29, 1.82) is 0 Å². The molecule has 0 bridgehead atoms. The molecule has 1 aliphatic rings. The highest BCUT2D eigenvalue weighted by Crippen LogP contribution is 2.28. The van der Waals surface area contributed by atoms with Crippen molar-refractivity contribution in [3.05, 3.63) is 82.4 Å². The van der Waals surface area contributed by atoms with Gasteiger partial charge in [0.15, 0.2) is 0 Å². The predicted octanol–water partition coefficient (Wildman–Crippen LogP) is 4.28. The lowest BCUT2D eigenvalue weighted by Gasteiger charge is -2.05. The maximum Gasteiger partial charge on any atom is 0.343 e. The number of rotatable bonds is 2. The number of carbonyl (C=O) groups excluding carboxylic acids is 1. The lowest BCUT2D eigenvalue weighted by atomic mass is 10.0. The van der Waals surface area contributed by atoms with Gasteiger partial charge in [-0.15, -0.1) is 0 Å². The van der Waals surface area contributed by atoms with E-state index in [1.165, 1.54) is 11.1 Å². The third-order valence-electron chi connectivity index (χ3n) is 3.64. The minimum atomic E-state index is -0.299. The lowest BCUT2D eigenvalue weighted by Crippen LogP contribution is -1.97. The fraction of sp³-hybridized carbons (Fsp3) is 0.105. The van der Waals surface area contributed by atoms with Crippen LogP contribution < -0.4 is 0 Å². The first-order valence-electron chi connectivity index (χ1n) is 6.92. The molecule has 0 spiro atoms. The number of carbonyl (C=O) groups is 1. The first kappa shape index (κ1) is 13.4. The van der Waals surface area contributed by atoms with Gasteiger partial charge >= 0.3 is 5.97 Å². The van der Waals surface area contributed by atoms with Gasteiger partial charge in [-0.3, -0.25) is 0 Å². The molecule has 2 aromatic carbocycles. The molecule has 2 heteroatoms. The minimum absolute atomic E-state index is 0.299. The van der Waals surface area contributed by atoms with Gasteiger partial charge < -0.3 is 4.74 Å². The Morgan fingerprint density at radius 2 is 1.71 bits per heavy atom. The molecule has 0 atom stereocenters. The van der Waals surface area contributed by atoms with Gasteiger partial charge in [-0.1, -0.05) is 42.5 Å². The van der Waals surface area contributed by atoms with E-state index < -0.39 is 0 Å². The highest BCUT2D eigenvalue weighted by molar-refractivity contribution is 6.05. The molecule has 2 aromatic rings.